The van der Waals surface area contributed by atoms with Crippen molar-refractivity contribution in [3.8, 4) is 0 Å². The van der Waals surface area contributed by atoms with Crippen molar-refractivity contribution in [1.82, 2.24) is 9.78 Å². The smallest absolute Gasteiger partial charge is 0.0843 e. The molecule has 2 N–H and O–H groups in total. The summed E-state index contributed by atoms with van der Waals surface area (Å²) < 4.78 is 2.84. The zero-order valence-electron chi connectivity index (χ0n) is 9.52. The van der Waals surface area contributed by atoms with E-state index in [4.69, 9.17) is 17.3 Å². The Morgan fingerprint density at radius 3 is 2.76 bits per heavy atom. The van der Waals surface area contributed by atoms with Gasteiger partial charge in [-0.25, -0.2) is 0 Å². The van der Waals surface area contributed by atoms with Crippen molar-refractivity contribution in [2.75, 3.05) is 0 Å². The molecule has 0 amide bonds. The molecule has 0 fully saturated rings. The quantitative estimate of drug-likeness (QED) is 0.922. The van der Waals surface area contributed by atoms with E-state index in [1.165, 1.54) is 0 Å². The minimum atomic E-state index is -0.248. The number of aromatic nitrogens is 2. The predicted octanol–water partition coefficient (Wildman–Crippen LogP) is 3.99. The SMILES string of the molecule is CC(C)n1ncc(Br)c1C(N)c1sccc1Cl. The zero-order valence-corrected chi connectivity index (χ0v) is 12.7. The van der Waals surface area contributed by atoms with Crippen LogP contribution in [0.4, 0.5) is 0 Å². The summed E-state index contributed by atoms with van der Waals surface area (Å²) in [5.74, 6) is 0. The van der Waals surface area contributed by atoms with Gasteiger partial charge in [0.2, 0.25) is 0 Å². The second-order valence-corrected chi connectivity index (χ2v) is 6.24. The number of thiophene rings is 1. The van der Waals surface area contributed by atoms with Crippen molar-refractivity contribution in [2.45, 2.75) is 25.9 Å². The van der Waals surface area contributed by atoms with E-state index in [9.17, 15) is 0 Å². The van der Waals surface area contributed by atoms with Crippen LogP contribution >= 0.6 is 38.9 Å². The van der Waals surface area contributed by atoms with Crippen LogP contribution in [0.1, 0.15) is 36.5 Å². The van der Waals surface area contributed by atoms with Crippen molar-refractivity contribution in [3.63, 3.8) is 0 Å². The molecule has 0 spiro atoms. The van der Waals surface area contributed by atoms with Gasteiger partial charge in [-0.3, -0.25) is 4.68 Å². The number of rotatable bonds is 3. The Labute approximate surface area is 118 Å². The average molecular weight is 335 g/mol. The van der Waals surface area contributed by atoms with Gasteiger partial charge in [-0.05, 0) is 41.2 Å². The van der Waals surface area contributed by atoms with E-state index in [0.717, 1.165) is 15.0 Å². The minimum Gasteiger partial charge on any atom is -0.318 e. The molecule has 1 unspecified atom stereocenters. The van der Waals surface area contributed by atoms with Crippen LogP contribution in [-0.2, 0) is 0 Å². The maximum absolute atomic E-state index is 6.28. The van der Waals surface area contributed by atoms with Crippen LogP contribution in [0.25, 0.3) is 0 Å². The molecule has 0 aromatic carbocycles. The van der Waals surface area contributed by atoms with Crippen LogP contribution in [0, 0.1) is 0 Å². The third-order valence-corrected chi connectivity index (χ3v) is 4.55. The van der Waals surface area contributed by atoms with Crippen LogP contribution in [0.3, 0.4) is 0 Å². The molecule has 2 heterocycles. The topological polar surface area (TPSA) is 43.8 Å². The third-order valence-electron chi connectivity index (χ3n) is 2.50. The first-order valence-electron chi connectivity index (χ1n) is 5.23. The molecule has 0 radical (unpaired) electrons. The summed E-state index contributed by atoms with van der Waals surface area (Å²) in [5.41, 5.74) is 7.24. The summed E-state index contributed by atoms with van der Waals surface area (Å²) in [4.78, 5) is 0.967. The van der Waals surface area contributed by atoms with Crippen LogP contribution in [0.15, 0.2) is 22.1 Å². The van der Waals surface area contributed by atoms with Gasteiger partial charge in [0.05, 0.1) is 27.4 Å². The Hall–Kier alpha value is -0.360. The fourth-order valence-electron chi connectivity index (χ4n) is 1.70. The minimum absolute atomic E-state index is 0.248. The molecule has 0 aliphatic heterocycles. The van der Waals surface area contributed by atoms with Gasteiger partial charge in [0.25, 0.3) is 0 Å². The van der Waals surface area contributed by atoms with E-state index < -0.39 is 0 Å². The Kier molecular flexibility index (Phi) is 3.92. The van der Waals surface area contributed by atoms with E-state index in [0.29, 0.717) is 5.02 Å². The van der Waals surface area contributed by atoms with Crippen molar-refractivity contribution in [1.29, 1.82) is 0 Å². The van der Waals surface area contributed by atoms with E-state index in [1.807, 2.05) is 16.1 Å². The highest BCUT2D eigenvalue weighted by molar-refractivity contribution is 9.10. The normalized spacial score (nSPS) is 13.3. The molecule has 0 saturated heterocycles. The largest absolute Gasteiger partial charge is 0.318 e. The van der Waals surface area contributed by atoms with Gasteiger partial charge < -0.3 is 5.73 Å². The first-order valence-corrected chi connectivity index (χ1v) is 7.28. The van der Waals surface area contributed by atoms with E-state index in [1.54, 1.807) is 17.5 Å². The molecule has 2 aromatic rings. The van der Waals surface area contributed by atoms with Gasteiger partial charge >= 0.3 is 0 Å². The predicted molar refractivity (Wildman–Crippen MR) is 75.7 cm³/mol. The van der Waals surface area contributed by atoms with Crippen LogP contribution in [0.2, 0.25) is 5.02 Å². The van der Waals surface area contributed by atoms with Gasteiger partial charge in [-0.15, -0.1) is 11.3 Å². The fraction of sp³-hybridized carbons (Fsp3) is 0.364. The first-order chi connectivity index (χ1) is 8.02. The van der Waals surface area contributed by atoms with E-state index >= 15 is 0 Å². The van der Waals surface area contributed by atoms with Crippen molar-refractivity contribution >= 4 is 38.9 Å². The van der Waals surface area contributed by atoms with Crippen LogP contribution < -0.4 is 5.73 Å². The number of halogens is 2. The highest BCUT2D eigenvalue weighted by atomic mass is 79.9. The maximum Gasteiger partial charge on any atom is 0.0843 e. The summed E-state index contributed by atoms with van der Waals surface area (Å²) >= 11 is 11.2. The highest BCUT2D eigenvalue weighted by Gasteiger charge is 2.22. The Morgan fingerprint density at radius 1 is 1.53 bits per heavy atom. The van der Waals surface area contributed by atoms with Gasteiger partial charge in [0.15, 0.2) is 0 Å². The molecule has 2 aromatic heterocycles. The standard InChI is InChI=1S/C11H13BrClN3S/c1-6(2)16-10(7(12)5-15-16)9(14)11-8(13)3-4-17-11/h3-6,9H,14H2,1-2H3. The van der Waals surface area contributed by atoms with Gasteiger partial charge in [0, 0.05) is 10.9 Å². The molecular formula is C11H13BrClN3S. The second-order valence-electron chi connectivity index (χ2n) is 4.03. The van der Waals surface area contributed by atoms with E-state index in [2.05, 4.69) is 34.9 Å². The molecule has 0 bridgehead atoms. The third kappa shape index (κ3) is 2.42. The number of nitrogens with zero attached hydrogens (tertiary/aromatic N) is 2. The Morgan fingerprint density at radius 2 is 2.24 bits per heavy atom. The fourth-order valence-corrected chi connectivity index (χ4v) is 3.40. The summed E-state index contributed by atoms with van der Waals surface area (Å²) in [7, 11) is 0. The Bertz CT molecular complexity index is 521. The monoisotopic (exact) mass is 333 g/mol. The van der Waals surface area contributed by atoms with Crippen molar-refractivity contribution < 1.29 is 0 Å². The molecule has 1 atom stereocenters. The lowest BCUT2D eigenvalue weighted by Crippen LogP contribution is -2.18. The van der Waals surface area contributed by atoms with Gasteiger partial charge in [-0.2, -0.15) is 5.10 Å². The lowest BCUT2D eigenvalue weighted by atomic mass is 10.2. The van der Waals surface area contributed by atoms with Gasteiger partial charge in [-0.1, -0.05) is 11.6 Å². The Balaban J connectivity index is 2.47. The summed E-state index contributed by atoms with van der Waals surface area (Å²) in [5, 5.41) is 6.99. The number of hydrogen-bond acceptors (Lipinski definition) is 3. The maximum atomic E-state index is 6.28. The molecule has 0 saturated carbocycles. The van der Waals surface area contributed by atoms with Crippen LogP contribution in [0.5, 0.6) is 0 Å². The average Bonchev–Trinajstić information content (AvgIpc) is 2.83. The molecule has 92 valence electrons. The molecule has 17 heavy (non-hydrogen) atoms. The van der Waals surface area contributed by atoms with Crippen LogP contribution in [-0.4, -0.2) is 9.78 Å². The highest BCUT2D eigenvalue weighted by Crippen LogP contribution is 2.35. The molecule has 6 heteroatoms. The number of nitrogens with two attached hydrogens (primary N) is 1. The lowest BCUT2D eigenvalue weighted by Gasteiger charge is -2.16. The second kappa shape index (κ2) is 5.10. The number of hydrogen-bond donors (Lipinski definition) is 1. The summed E-state index contributed by atoms with van der Waals surface area (Å²) in [6.07, 6.45) is 1.77. The lowest BCUT2D eigenvalue weighted by molar-refractivity contribution is 0.499. The molecule has 0 aliphatic carbocycles. The molecule has 2 rings (SSSR count). The van der Waals surface area contributed by atoms with Gasteiger partial charge in [0.1, 0.15) is 0 Å². The zero-order chi connectivity index (χ0) is 12.6. The van der Waals surface area contributed by atoms with Crippen molar-refractivity contribution in [2.24, 2.45) is 5.73 Å². The summed E-state index contributed by atoms with van der Waals surface area (Å²) in [6, 6.07) is 1.88. The first kappa shape index (κ1) is 13.1. The molecular weight excluding hydrogens is 322 g/mol. The van der Waals surface area contributed by atoms with Crippen molar-refractivity contribution in [3.05, 3.63) is 37.7 Å². The molecule has 3 nitrogen and oxygen atoms in total. The summed E-state index contributed by atoms with van der Waals surface area (Å²) in [6.45, 7) is 4.15. The molecule has 0 aliphatic rings. The van der Waals surface area contributed by atoms with E-state index in [-0.39, 0.29) is 12.1 Å².